The summed E-state index contributed by atoms with van der Waals surface area (Å²) < 4.78 is 31.3. The minimum Gasteiger partial charge on any atom is -0.373 e. The number of Topliss-reactive ketones (excluding diaryl/α,β-unsaturated/α-hetero) is 1. The minimum absolute atomic E-state index is 0.108. The van der Waals surface area contributed by atoms with Crippen molar-refractivity contribution in [3.63, 3.8) is 0 Å². The van der Waals surface area contributed by atoms with Crippen molar-refractivity contribution in [1.82, 2.24) is 0 Å². The fraction of sp³-hybridized carbons (Fsp3) is 0.500. The highest BCUT2D eigenvalue weighted by molar-refractivity contribution is 5.97. The highest BCUT2D eigenvalue weighted by Gasteiger charge is 2.17. The third-order valence-corrected chi connectivity index (χ3v) is 3.29. The molecule has 0 aromatic heterocycles. The quantitative estimate of drug-likeness (QED) is 0.753. The molecule has 2 nitrogen and oxygen atoms in total. The number of hydrogen-bond acceptors (Lipinski definition) is 2. The predicted octanol–water partition coefficient (Wildman–Crippen LogP) is 3.35. The zero-order valence-electron chi connectivity index (χ0n) is 10.1. The Labute approximate surface area is 105 Å². The van der Waals surface area contributed by atoms with Crippen molar-refractivity contribution in [2.75, 3.05) is 13.2 Å². The van der Waals surface area contributed by atoms with E-state index in [1.165, 1.54) is 12.8 Å². The third-order valence-electron chi connectivity index (χ3n) is 3.29. The second-order valence-electron chi connectivity index (χ2n) is 4.71. The summed E-state index contributed by atoms with van der Waals surface area (Å²) >= 11 is 0. The van der Waals surface area contributed by atoms with Crippen LogP contribution in [0.1, 0.15) is 36.0 Å². The van der Waals surface area contributed by atoms with E-state index < -0.39 is 17.4 Å². The highest BCUT2D eigenvalue weighted by atomic mass is 19.1. The van der Waals surface area contributed by atoms with Crippen molar-refractivity contribution < 1.29 is 18.3 Å². The molecule has 0 amide bonds. The van der Waals surface area contributed by atoms with Crippen molar-refractivity contribution in [3.05, 3.63) is 35.4 Å². The molecule has 1 saturated carbocycles. The predicted molar refractivity (Wildman–Crippen MR) is 63.5 cm³/mol. The Bertz CT molecular complexity index is 426. The van der Waals surface area contributed by atoms with Crippen molar-refractivity contribution in [1.29, 1.82) is 0 Å². The van der Waals surface area contributed by atoms with Crippen LogP contribution < -0.4 is 0 Å². The molecule has 1 aromatic carbocycles. The van der Waals surface area contributed by atoms with Crippen molar-refractivity contribution in [2.24, 2.45) is 5.92 Å². The molecule has 0 unspecified atom stereocenters. The van der Waals surface area contributed by atoms with Crippen LogP contribution in [0.2, 0.25) is 0 Å². The Morgan fingerprint density at radius 2 is 2.00 bits per heavy atom. The molecule has 0 spiro atoms. The average molecular weight is 254 g/mol. The second kappa shape index (κ2) is 6.05. The number of halogens is 2. The van der Waals surface area contributed by atoms with Gasteiger partial charge in [0, 0.05) is 6.07 Å². The van der Waals surface area contributed by atoms with E-state index in [4.69, 9.17) is 4.74 Å². The van der Waals surface area contributed by atoms with Crippen LogP contribution in [0, 0.1) is 17.6 Å². The van der Waals surface area contributed by atoms with Crippen LogP contribution in [0.5, 0.6) is 0 Å². The van der Waals surface area contributed by atoms with Gasteiger partial charge in [-0.1, -0.05) is 12.8 Å². The zero-order chi connectivity index (χ0) is 13.0. The van der Waals surface area contributed by atoms with Gasteiger partial charge in [0.2, 0.25) is 0 Å². The topological polar surface area (TPSA) is 26.3 Å². The lowest BCUT2D eigenvalue weighted by molar-refractivity contribution is 0.0677. The molecule has 0 N–H and O–H groups in total. The lowest BCUT2D eigenvalue weighted by Gasteiger charge is -2.09. The molecule has 1 aromatic rings. The van der Waals surface area contributed by atoms with Crippen LogP contribution in [0.4, 0.5) is 8.78 Å². The van der Waals surface area contributed by atoms with Crippen LogP contribution in [0.3, 0.4) is 0 Å². The first kappa shape index (κ1) is 13.1. The van der Waals surface area contributed by atoms with Gasteiger partial charge in [0.15, 0.2) is 5.78 Å². The lowest BCUT2D eigenvalue weighted by Crippen LogP contribution is -2.14. The molecule has 0 bridgehead atoms. The molecular formula is C14H16F2O2. The highest BCUT2D eigenvalue weighted by Crippen LogP contribution is 2.24. The summed E-state index contributed by atoms with van der Waals surface area (Å²) in [7, 11) is 0. The van der Waals surface area contributed by atoms with Gasteiger partial charge >= 0.3 is 0 Å². The Morgan fingerprint density at radius 1 is 1.28 bits per heavy atom. The molecule has 2 rings (SSSR count). The molecule has 4 heteroatoms. The SMILES string of the molecule is O=C(COCC1CCCC1)c1ccc(F)cc1F. The summed E-state index contributed by atoms with van der Waals surface area (Å²) in [4.78, 5) is 11.7. The normalized spacial score (nSPS) is 16.1. The van der Waals surface area contributed by atoms with Crippen molar-refractivity contribution in [2.45, 2.75) is 25.7 Å². The number of ether oxygens (including phenoxy) is 1. The summed E-state index contributed by atoms with van der Waals surface area (Å²) in [6.07, 6.45) is 4.71. The molecule has 98 valence electrons. The summed E-state index contributed by atoms with van der Waals surface area (Å²) in [6.45, 7) is 0.410. The van der Waals surface area contributed by atoms with Gasteiger partial charge in [0.05, 0.1) is 12.2 Å². The molecule has 1 fully saturated rings. The maximum atomic E-state index is 13.3. The van der Waals surface area contributed by atoms with Crippen LogP contribution in [0.15, 0.2) is 18.2 Å². The zero-order valence-corrected chi connectivity index (χ0v) is 10.1. The van der Waals surface area contributed by atoms with E-state index in [9.17, 15) is 13.6 Å². The van der Waals surface area contributed by atoms with Gasteiger partial charge in [-0.15, -0.1) is 0 Å². The van der Waals surface area contributed by atoms with Gasteiger partial charge in [-0.25, -0.2) is 8.78 Å². The van der Waals surface area contributed by atoms with Gasteiger partial charge in [0.25, 0.3) is 0 Å². The number of hydrogen-bond donors (Lipinski definition) is 0. The molecule has 1 aliphatic rings. The summed E-state index contributed by atoms with van der Waals surface area (Å²) in [5.41, 5.74) is -0.108. The molecule has 0 heterocycles. The lowest BCUT2D eigenvalue weighted by atomic mass is 10.1. The number of carbonyl (C=O) groups is 1. The van der Waals surface area contributed by atoms with E-state index >= 15 is 0 Å². The van der Waals surface area contributed by atoms with E-state index in [0.717, 1.165) is 25.0 Å². The standard InChI is InChI=1S/C14H16F2O2/c15-11-5-6-12(13(16)7-11)14(17)9-18-8-10-3-1-2-4-10/h5-7,10H,1-4,8-9H2. The van der Waals surface area contributed by atoms with Gasteiger partial charge in [-0.2, -0.15) is 0 Å². The maximum Gasteiger partial charge on any atom is 0.191 e. The first-order valence-corrected chi connectivity index (χ1v) is 6.23. The number of ketones is 1. The van der Waals surface area contributed by atoms with Crippen LogP contribution in [-0.2, 0) is 4.74 Å². The fourth-order valence-corrected chi connectivity index (χ4v) is 2.29. The van der Waals surface area contributed by atoms with E-state index in [1.807, 2.05) is 0 Å². The van der Waals surface area contributed by atoms with E-state index in [0.29, 0.717) is 18.6 Å². The van der Waals surface area contributed by atoms with E-state index in [2.05, 4.69) is 0 Å². The van der Waals surface area contributed by atoms with Gasteiger partial charge < -0.3 is 4.74 Å². The second-order valence-corrected chi connectivity index (χ2v) is 4.71. The first-order valence-electron chi connectivity index (χ1n) is 6.23. The molecule has 0 radical (unpaired) electrons. The van der Waals surface area contributed by atoms with Crippen molar-refractivity contribution in [3.8, 4) is 0 Å². The van der Waals surface area contributed by atoms with Gasteiger partial charge in [-0.05, 0) is 30.9 Å². The molecule has 0 atom stereocenters. The Morgan fingerprint density at radius 3 is 2.67 bits per heavy atom. The summed E-state index contributed by atoms with van der Waals surface area (Å²) in [6, 6.07) is 2.95. The van der Waals surface area contributed by atoms with Crippen molar-refractivity contribution >= 4 is 5.78 Å². The Kier molecular flexibility index (Phi) is 4.42. The van der Waals surface area contributed by atoms with Crippen LogP contribution in [-0.4, -0.2) is 19.0 Å². The summed E-state index contributed by atoms with van der Waals surface area (Å²) in [5, 5.41) is 0. The largest absolute Gasteiger partial charge is 0.373 e. The third kappa shape index (κ3) is 3.35. The minimum atomic E-state index is -0.829. The van der Waals surface area contributed by atoms with E-state index in [1.54, 1.807) is 0 Å². The monoisotopic (exact) mass is 254 g/mol. The molecule has 0 saturated heterocycles. The molecule has 1 aliphatic carbocycles. The maximum absolute atomic E-state index is 13.3. The molecule has 0 aliphatic heterocycles. The number of carbonyl (C=O) groups excluding carboxylic acids is 1. The number of rotatable bonds is 5. The Balaban J connectivity index is 1.83. The van der Waals surface area contributed by atoms with Gasteiger partial charge in [0.1, 0.15) is 18.2 Å². The van der Waals surface area contributed by atoms with E-state index in [-0.39, 0.29) is 12.2 Å². The summed E-state index contributed by atoms with van der Waals surface area (Å²) in [5.74, 6) is -1.43. The fourth-order valence-electron chi connectivity index (χ4n) is 2.29. The number of benzene rings is 1. The Hall–Kier alpha value is -1.29. The average Bonchev–Trinajstić information content (AvgIpc) is 2.81. The molecular weight excluding hydrogens is 238 g/mol. The smallest absolute Gasteiger partial charge is 0.191 e. The molecule has 18 heavy (non-hydrogen) atoms. The van der Waals surface area contributed by atoms with Crippen LogP contribution in [0.25, 0.3) is 0 Å². The first-order chi connectivity index (χ1) is 8.66. The van der Waals surface area contributed by atoms with Gasteiger partial charge in [-0.3, -0.25) is 4.79 Å². The van der Waals surface area contributed by atoms with Crippen LogP contribution >= 0.6 is 0 Å².